The molecular weight excluding hydrogens is 418 g/mol. The van der Waals surface area contributed by atoms with Crippen LogP contribution in [0.25, 0.3) is 23.5 Å². The Labute approximate surface area is 173 Å². The van der Waals surface area contributed by atoms with E-state index in [1.807, 2.05) is 0 Å². The van der Waals surface area contributed by atoms with Crippen LogP contribution in [0.15, 0.2) is 39.5 Å². The van der Waals surface area contributed by atoms with Gasteiger partial charge in [-0.15, -0.1) is 0 Å². The van der Waals surface area contributed by atoms with E-state index in [2.05, 4.69) is 9.97 Å². The average molecular weight is 432 g/mol. The number of nitro groups is 1. The summed E-state index contributed by atoms with van der Waals surface area (Å²) in [6.07, 6.45) is 2.74. The Morgan fingerprint density at radius 1 is 1.37 bits per heavy atom. The van der Waals surface area contributed by atoms with E-state index in [-0.39, 0.29) is 23.0 Å². The number of hydrogen-bond acceptors (Lipinski definition) is 8. The standard InChI is InChI=1S/C19H14ClN3O7/c1-2-29-19(26)12-9-10(3-6-13(12)20)14-7-4-11(30-14)5-8-15-21-17(24)16(23(27)28)18(25)22-15/h3-9H,2H2,1H3,(H2,21,22,24,25)/b8-5-. The van der Waals surface area contributed by atoms with Gasteiger partial charge in [0.2, 0.25) is 0 Å². The van der Waals surface area contributed by atoms with Crippen LogP contribution in [0.3, 0.4) is 0 Å². The number of aromatic amines is 1. The fraction of sp³-hybridized carbons (Fsp3) is 0.105. The van der Waals surface area contributed by atoms with Gasteiger partial charge in [0.25, 0.3) is 5.88 Å². The van der Waals surface area contributed by atoms with Crippen molar-refractivity contribution < 1.29 is 24.0 Å². The minimum atomic E-state index is -1.08. The molecule has 11 heteroatoms. The fourth-order valence-electron chi connectivity index (χ4n) is 2.52. The molecule has 0 saturated carbocycles. The third kappa shape index (κ3) is 4.39. The Morgan fingerprint density at radius 3 is 2.80 bits per heavy atom. The van der Waals surface area contributed by atoms with Crippen LogP contribution in [-0.2, 0) is 4.74 Å². The number of nitrogens with one attached hydrogen (secondary N) is 1. The summed E-state index contributed by atoms with van der Waals surface area (Å²) in [7, 11) is 0. The van der Waals surface area contributed by atoms with Crippen LogP contribution in [0.2, 0.25) is 5.02 Å². The lowest BCUT2D eigenvalue weighted by Crippen LogP contribution is -2.14. The van der Waals surface area contributed by atoms with Gasteiger partial charge in [0.1, 0.15) is 17.3 Å². The highest BCUT2D eigenvalue weighted by atomic mass is 35.5. The van der Waals surface area contributed by atoms with Crippen LogP contribution in [0.1, 0.15) is 28.9 Å². The third-order valence-electron chi connectivity index (χ3n) is 3.86. The van der Waals surface area contributed by atoms with Crippen molar-refractivity contribution in [3.63, 3.8) is 0 Å². The first-order valence-electron chi connectivity index (χ1n) is 8.52. The topological polar surface area (TPSA) is 149 Å². The molecule has 0 aliphatic carbocycles. The molecule has 0 spiro atoms. The van der Waals surface area contributed by atoms with Gasteiger partial charge in [0, 0.05) is 5.56 Å². The number of carbonyl (C=O) groups excluding carboxylic acids is 1. The number of rotatable bonds is 6. The molecule has 3 rings (SSSR count). The van der Waals surface area contributed by atoms with Gasteiger partial charge < -0.3 is 19.2 Å². The normalized spacial score (nSPS) is 11.0. The summed E-state index contributed by atoms with van der Waals surface area (Å²) < 4.78 is 10.6. The van der Waals surface area contributed by atoms with E-state index in [4.69, 9.17) is 20.8 Å². The molecular formula is C19H14ClN3O7. The molecule has 0 radical (unpaired) electrons. The summed E-state index contributed by atoms with van der Waals surface area (Å²) in [5.41, 5.74) is -1.33. The molecule has 0 aliphatic heterocycles. The summed E-state index contributed by atoms with van der Waals surface area (Å²) in [6, 6.07) is 8.04. The van der Waals surface area contributed by atoms with Gasteiger partial charge in [-0.25, -0.2) is 4.79 Å². The molecule has 0 fully saturated rings. The van der Waals surface area contributed by atoms with Gasteiger partial charge in [-0.1, -0.05) is 11.6 Å². The summed E-state index contributed by atoms with van der Waals surface area (Å²) in [5.74, 6) is -0.847. The van der Waals surface area contributed by atoms with Crippen LogP contribution in [-0.4, -0.2) is 32.6 Å². The van der Waals surface area contributed by atoms with Crippen LogP contribution in [0, 0.1) is 10.1 Å². The molecule has 154 valence electrons. The lowest BCUT2D eigenvalue weighted by molar-refractivity contribution is -0.387. The molecule has 30 heavy (non-hydrogen) atoms. The summed E-state index contributed by atoms with van der Waals surface area (Å²) >= 11 is 6.05. The van der Waals surface area contributed by atoms with E-state index in [1.165, 1.54) is 12.2 Å². The Morgan fingerprint density at radius 2 is 2.13 bits per heavy atom. The molecule has 1 aromatic carbocycles. The predicted octanol–water partition coefficient (Wildman–Crippen LogP) is 3.64. The molecule has 0 aliphatic rings. The van der Waals surface area contributed by atoms with Crippen molar-refractivity contribution in [3.8, 4) is 17.2 Å². The molecule has 0 atom stereocenters. The molecule has 10 nitrogen and oxygen atoms in total. The number of H-pyrrole nitrogens is 1. The quantitative estimate of drug-likeness (QED) is 0.341. The molecule has 0 amide bonds. The van der Waals surface area contributed by atoms with Crippen molar-refractivity contribution in [2.75, 3.05) is 6.61 Å². The highest BCUT2D eigenvalue weighted by molar-refractivity contribution is 6.33. The van der Waals surface area contributed by atoms with Crippen LogP contribution in [0.4, 0.5) is 5.69 Å². The largest absolute Gasteiger partial charge is 0.488 e. The van der Waals surface area contributed by atoms with Crippen molar-refractivity contribution in [2.24, 2.45) is 0 Å². The number of ether oxygens (including phenoxy) is 1. The molecule has 2 heterocycles. The van der Waals surface area contributed by atoms with E-state index in [9.17, 15) is 24.8 Å². The number of aromatic nitrogens is 2. The lowest BCUT2D eigenvalue weighted by Gasteiger charge is -2.05. The van der Waals surface area contributed by atoms with Crippen LogP contribution < -0.4 is 5.56 Å². The van der Waals surface area contributed by atoms with Crippen molar-refractivity contribution in [2.45, 2.75) is 6.92 Å². The van der Waals surface area contributed by atoms with Crippen molar-refractivity contribution in [1.82, 2.24) is 9.97 Å². The maximum Gasteiger partial charge on any atom is 0.395 e. The summed E-state index contributed by atoms with van der Waals surface area (Å²) in [5, 5.41) is 20.5. The number of hydrogen-bond donors (Lipinski definition) is 2. The first kappa shape index (κ1) is 20.8. The van der Waals surface area contributed by atoms with E-state index in [1.54, 1.807) is 37.3 Å². The zero-order valence-corrected chi connectivity index (χ0v) is 16.2. The van der Waals surface area contributed by atoms with E-state index < -0.39 is 28.0 Å². The average Bonchev–Trinajstić information content (AvgIpc) is 3.15. The molecule has 2 N–H and O–H groups in total. The monoisotopic (exact) mass is 431 g/mol. The molecule has 2 aromatic heterocycles. The van der Waals surface area contributed by atoms with E-state index in [0.29, 0.717) is 17.1 Å². The Balaban J connectivity index is 1.86. The zero-order chi connectivity index (χ0) is 21.8. The van der Waals surface area contributed by atoms with Gasteiger partial charge in [-0.3, -0.25) is 14.9 Å². The summed E-state index contributed by atoms with van der Waals surface area (Å²) in [4.78, 5) is 39.1. The van der Waals surface area contributed by atoms with E-state index >= 15 is 0 Å². The first-order valence-corrected chi connectivity index (χ1v) is 8.90. The fourth-order valence-corrected chi connectivity index (χ4v) is 2.71. The number of benzene rings is 1. The molecule has 0 bridgehead atoms. The zero-order valence-electron chi connectivity index (χ0n) is 15.4. The van der Waals surface area contributed by atoms with Gasteiger partial charge in [-0.05, 0) is 49.4 Å². The van der Waals surface area contributed by atoms with Gasteiger partial charge in [-0.2, -0.15) is 4.98 Å². The van der Waals surface area contributed by atoms with Gasteiger partial charge >= 0.3 is 17.2 Å². The number of furan rings is 1. The third-order valence-corrected chi connectivity index (χ3v) is 4.19. The van der Waals surface area contributed by atoms with Crippen molar-refractivity contribution >= 4 is 35.4 Å². The van der Waals surface area contributed by atoms with E-state index in [0.717, 1.165) is 0 Å². The maximum atomic E-state index is 12.0. The first-order chi connectivity index (χ1) is 14.3. The molecule has 0 saturated heterocycles. The Hall–Kier alpha value is -3.92. The minimum absolute atomic E-state index is 0.0999. The number of halogens is 1. The minimum Gasteiger partial charge on any atom is -0.488 e. The second-order valence-corrected chi connectivity index (χ2v) is 6.24. The maximum absolute atomic E-state index is 12.0. The second kappa shape index (κ2) is 8.62. The number of nitrogens with zero attached hydrogens (tertiary/aromatic N) is 2. The lowest BCUT2D eigenvalue weighted by atomic mass is 10.1. The summed E-state index contributed by atoms with van der Waals surface area (Å²) in [6.45, 7) is 1.90. The second-order valence-electron chi connectivity index (χ2n) is 5.83. The SMILES string of the molecule is CCOC(=O)c1cc(-c2ccc(/C=C\c3nc(O)c([N+](=O)[O-])c(=O)[nH]3)o2)ccc1Cl. The highest BCUT2D eigenvalue weighted by Crippen LogP contribution is 2.28. The number of carbonyl (C=O) groups is 1. The van der Waals surface area contributed by atoms with Crippen molar-refractivity contribution in [1.29, 1.82) is 0 Å². The van der Waals surface area contributed by atoms with Gasteiger partial charge in [0.05, 0.1) is 22.1 Å². The number of esters is 1. The predicted molar refractivity (Wildman–Crippen MR) is 107 cm³/mol. The Bertz CT molecular complexity index is 1210. The molecule has 3 aromatic rings. The number of aromatic hydroxyl groups is 1. The Kier molecular flexibility index (Phi) is 5.98. The highest BCUT2D eigenvalue weighted by Gasteiger charge is 2.21. The smallest absolute Gasteiger partial charge is 0.395 e. The van der Waals surface area contributed by atoms with Crippen LogP contribution in [0.5, 0.6) is 5.88 Å². The van der Waals surface area contributed by atoms with Gasteiger partial charge in [0.15, 0.2) is 0 Å². The van der Waals surface area contributed by atoms with Crippen LogP contribution >= 0.6 is 11.6 Å². The molecule has 0 unspecified atom stereocenters. The van der Waals surface area contributed by atoms with Crippen molar-refractivity contribution in [3.05, 3.63) is 73.0 Å².